The number of nitrogens with one attached hydrogen (secondary N) is 1. The molecular formula is C23H22ClN3O3. The molecule has 0 radical (unpaired) electrons. The van der Waals surface area contributed by atoms with Gasteiger partial charge in [-0.3, -0.25) is 9.78 Å². The summed E-state index contributed by atoms with van der Waals surface area (Å²) < 4.78 is 10.9. The first-order chi connectivity index (χ1) is 14.7. The fraction of sp³-hybridized carbons (Fsp3) is 0.217. The average Bonchev–Trinajstić information content (AvgIpc) is 2.80. The molecule has 30 heavy (non-hydrogen) atoms. The Labute approximate surface area is 180 Å². The van der Waals surface area contributed by atoms with Crippen molar-refractivity contribution < 1.29 is 14.3 Å². The second-order valence-electron chi connectivity index (χ2n) is 6.85. The van der Waals surface area contributed by atoms with Gasteiger partial charge in [0, 0.05) is 41.8 Å². The van der Waals surface area contributed by atoms with Crippen LogP contribution in [0.25, 0.3) is 11.3 Å². The fourth-order valence-corrected chi connectivity index (χ4v) is 3.62. The van der Waals surface area contributed by atoms with E-state index >= 15 is 0 Å². The molecular weight excluding hydrogens is 402 g/mol. The van der Waals surface area contributed by atoms with E-state index in [4.69, 9.17) is 21.1 Å². The summed E-state index contributed by atoms with van der Waals surface area (Å²) >= 11 is 6.26. The number of pyridine rings is 1. The van der Waals surface area contributed by atoms with Gasteiger partial charge in [-0.1, -0.05) is 11.6 Å². The molecule has 0 aliphatic carbocycles. The van der Waals surface area contributed by atoms with Crippen LogP contribution >= 0.6 is 11.6 Å². The highest BCUT2D eigenvalue weighted by molar-refractivity contribution is 6.33. The number of carbonyl (C=O) groups excluding carboxylic acids is 1. The van der Waals surface area contributed by atoms with Crippen molar-refractivity contribution in [3.63, 3.8) is 0 Å². The highest BCUT2D eigenvalue weighted by atomic mass is 35.5. The van der Waals surface area contributed by atoms with Crippen molar-refractivity contribution in [2.75, 3.05) is 43.6 Å². The number of nitrogens with zero attached hydrogens (tertiary/aromatic N) is 2. The molecule has 0 atom stereocenters. The largest absolute Gasteiger partial charge is 0.496 e. The summed E-state index contributed by atoms with van der Waals surface area (Å²) in [5, 5.41) is 3.45. The molecule has 1 amide bonds. The van der Waals surface area contributed by atoms with Gasteiger partial charge in [-0.25, -0.2) is 0 Å². The van der Waals surface area contributed by atoms with Gasteiger partial charge in [0.25, 0.3) is 5.91 Å². The van der Waals surface area contributed by atoms with E-state index in [1.165, 1.54) is 0 Å². The Kier molecular flexibility index (Phi) is 6.16. The van der Waals surface area contributed by atoms with Crippen LogP contribution in [0, 0.1) is 0 Å². The molecule has 0 saturated carbocycles. The molecule has 4 rings (SSSR count). The Hall–Kier alpha value is -3.09. The summed E-state index contributed by atoms with van der Waals surface area (Å²) in [5.41, 5.74) is 3.68. The number of hydrogen-bond donors (Lipinski definition) is 1. The van der Waals surface area contributed by atoms with E-state index < -0.39 is 0 Å². The molecule has 7 heteroatoms. The maximum atomic E-state index is 12.7. The first kappa shape index (κ1) is 20.2. The minimum absolute atomic E-state index is 0.217. The number of anilines is 2. The molecule has 1 fully saturated rings. The number of carbonyl (C=O) groups is 1. The van der Waals surface area contributed by atoms with Crippen LogP contribution in [0.1, 0.15) is 10.4 Å². The van der Waals surface area contributed by atoms with E-state index in [9.17, 15) is 4.79 Å². The zero-order chi connectivity index (χ0) is 20.9. The van der Waals surface area contributed by atoms with Crippen LogP contribution in [0.2, 0.25) is 5.02 Å². The minimum Gasteiger partial charge on any atom is -0.496 e. The number of morpholine rings is 1. The normalized spacial score (nSPS) is 13.7. The zero-order valence-corrected chi connectivity index (χ0v) is 17.4. The molecule has 1 aliphatic rings. The Morgan fingerprint density at radius 2 is 1.90 bits per heavy atom. The fourth-order valence-electron chi connectivity index (χ4n) is 3.39. The van der Waals surface area contributed by atoms with Crippen LogP contribution in [0.4, 0.5) is 11.4 Å². The third-order valence-electron chi connectivity index (χ3n) is 4.98. The lowest BCUT2D eigenvalue weighted by atomic mass is 10.1. The van der Waals surface area contributed by atoms with Gasteiger partial charge in [0.2, 0.25) is 0 Å². The first-order valence-electron chi connectivity index (χ1n) is 9.69. The standard InChI is InChI=1S/C23H22ClN3O3/c1-29-21-15-16(4-9-19(21)22-20(24)3-2-10-25-22)23(28)26-17-5-7-18(8-6-17)27-11-13-30-14-12-27/h2-10,15H,11-14H2,1H3,(H,26,28). The van der Waals surface area contributed by atoms with Gasteiger partial charge in [-0.2, -0.15) is 0 Å². The van der Waals surface area contributed by atoms with Gasteiger partial charge < -0.3 is 19.7 Å². The van der Waals surface area contributed by atoms with Crippen LogP contribution in [-0.4, -0.2) is 44.3 Å². The molecule has 0 spiro atoms. The Balaban J connectivity index is 1.50. The van der Waals surface area contributed by atoms with Crippen molar-refractivity contribution in [2.45, 2.75) is 0 Å². The van der Waals surface area contributed by atoms with Crippen molar-refractivity contribution in [3.05, 3.63) is 71.4 Å². The number of benzene rings is 2. The highest BCUT2D eigenvalue weighted by Gasteiger charge is 2.15. The molecule has 1 N–H and O–H groups in total. The lowest BCUT2D eigenvalue weighted by Gasteiger charge is -2.28. The molecule has 154 valence electrons. The number of methoxy groups -OCH3 is 1. The predicted molar refractivity (Wildman–Crippen MR) is 119 cm³/mol. The second-order valence-corrected chi connectivity index (χ2v) is 7.26. The van der Waals surface area contributed by atoms with Gasteiger partial charge in [-0.05, 0) is 54.6 Å². The van der Waals surface area contributed by atoms with E-state index in [0.29, 0.717) is 22.0 Å². The van der Waals surface area contributed by atoms with Crippen LogP contribution in [0.15, 0.2) is 60.8 Å². The molecule has 2 heterocycles. The number of rotatable bonds is 5. The SMILES string of the molecule is COc1cc(C(=O)Nc2ccc(N3CCOCC3)cc2)ccc1-c1ncccc1Cl. The third kappa shape index (κ3) is 4.40. The van der Waals surface area contributed by atoms with Crippen molar-refractivity contribution in [1.82, 2.24) is 4.98 Å². The van der Waals surface area contributed by atoms with Crippen LogP contribution in [-0.2, 0) is 4.74 Å². The lowest BCUT2D eigenvalue weighted by Crippen LogP contribution is -2.36. The number of amides is 1. The van der Waals surface area contributed by atoms with Gasteiger partial charge in [-0.15, -0.1) is 0 Å². The van der Waals surface area contributed by atoms with E-state index in [-0.39, 0.29) is 5.91 Å². The van der Waals surface area contributed by atoms with E-state index in [0.717, 1.165) is 43.2 Å². The summed E-state index contributed by atoms with van der Waals surface area (Å²) in [5.74, 6) is 0.317. The predicted octanol–water partition coefficient (Wildman–Crippen LogP) is 4.50. The number of halogens is 1. The number of ether oxygens (including phenoxy) is 2. The first-order valence-corrected chi connectivity index (χ1v) is 10.1. The highest BCUT2D eigenvalue weighted by Crippen LogP contribution is 2.34. The maximum absolute atomic E-state index is 12.7. The second kappa shape index (κ2) is 9.15. The van der Waals surface area contributed by atoms with Crippen molar-refractivity contribution in [2.24, 2.45) is 0 Å². The van der Waals surface area contributed by atoms with Gasteiger partial charge in [0.05, 0.1) is 31.0 Å². The summed E-state index contributed by atoms with van der Waals surface area (Å²) in [6.07, 6.45) is 1.67. The smallest absolute Gasteiger partial charge is 0.255 e. The third-order valence-corrected chi connectivity index (χ3v) is 5.28. The van der Waals surface area contributed by atoms with Crippen LogP contribution in [0.5, 0.6) is 5.75 Å². The van der Waals surface area contributed by atoms with E-state index in [2.05, 4.69) is 15.2 Å². The van der Waals surface area contributed by atoms with E-state index in [1.54, 1.807) is 43.6 Å². The van der Waals surface area contributed by atoms with Gasteiger partial charge in [0.15, 0.2) is 0 Å². The van der Waals surface area contributed by atoms with Gasteiger partial charge >= 0.3 is 0 Å². The molecule has 1 aliphatic heterocycles. The van der Waals surface area contributed by atoms with E-state index in [1.807, 2.05) is 24.3 Å². The van der Waals surface area contributed by atoms with Gasteiger partial charge in [0.1, 0.15) is 5.75 Å². The molecule has 0 unspecified atom stereocenters. The van der Waals surface area contributed by atoms with Crippen molar-refractivity contribution >= 4 is 28.9 Å². The quantitative estimate of drug-likeness (QED) is 0.654. The number of hydrogen-bond acceptors (Lipinski definition) is 5. The summed E-state index contributed by atoms with van der Waals surface area (Å²) in [6.45, 7) is 3.22. The van der Waals surface area contributed by atoms with Crippen LogP contribution < -0.4 is 15.0 Å². The Morgan fingerprint density at radius 1 is 1.13 bits per heavy atom. The minimum atomic E-state index is -0.217. The lowest BCUT2D eigenvalue weighted by molar-refractivity contribution is 0.102. The summed E-state index contributed by atoms with van der Waals surface area (Å²) in [6, 6.07) is 16.6. The monoisotopic (exact) mass is 423 g/mol. The van der Waals surface area contributed by atoms with Crippen LogP contribution in [0.3, 0.4) is 0 Å². The zero-order valence-electron chi connectivity index (χ0n) is 16.6. The van der Waals surface area contributed by atoms with Crippen molar-refractivity contribution in [3.8, 4) is 17.0 Å². The summed E-state index contributed by atoms with van der Waals surface area (Å²) in [4.78, 5) is 19.3. The topological polar surface area (TPSA) is 63.7 Å². The molecule has 2 aromatic carbocycles. The molecule has 1 aromatic heterocycles. The van der Waals surface area contributed by atoms with Crippen molar-refractivity contribution in [1.29, 1.82) is 0 Å². The Morgan fingerprint density at radius 3 is 2.60 bits per heavy atom. The Bertz CT molecular complexity index is 1030. The molecule has 6 nitrogen and oxygen atoms in total. The molecule has 3 aromatic rings. The summed E-state index contributed by atoms with van der Waals surface area (Å²) in [7, 11) is 1.56. The average molecular weight is 424 g/mol. The maximum Gasteiger partial charge on any atom is 0.255 e. The number of aromatic nitrogens is 1. The molecule has 1 saturated heterocycles. The molecule has 0 bridgehead atoms.